The summed E-state index contributed by atoms with van der Waals surface area (Å²) < 4.78 is 50.7. The number of pyridine rings is 4. The molecular weight excluding hydrogens is 857 g/mol. The van der Waals surface area contributed by atoms with Crippen LogP contribution in [0.2, 0.25) is 0 Å². The van der Waals surface area contributed by atoms with Crippen LogP contribution in [0.15, 0.2) is 147 Å². The first-order valence-electron chi connectivity index (χ1n) is 22.3. The van der Waals surface area contributed by atoms with Crippen molar-refractivity contribution in [3.8, 4) is 46.0 Å². The van der Waals surface area contributed by atoms with Gasteiger partial charge in [0.2, 0.25) is 0 Å². The molecule has 68 heavy (non-hydrogen) atoms. The van der Waals surface area contributed by atoms with Crippen molar-refractivity contribution in [3.05, 3.63) is 213 Å². The van der Waals surface area contributed by atoms with Gasteiger partial charge in [0.05, 0.1) is 28.4 Å². The molecule has 0 radical (unpaired) electrons. The maximum atomic E-state index is 6.55. The normalized spacial score (nSPS) is 11.8. The van der Waals surface area contributed by atoms with E-state index in [4.69, 9.17) is 37.9 Å². The lowest BCUT2D eigenvalue weighted by Gasteiger charge is -2.24. The molecule has 12 heteroatoms. The van der Waals surface area contributed by atoms with Gasteiger partial charge in [-0.05, 0) is 171 Å². The number of hydrogen-bond acceptors (Lipinski definition) is 12. The van der Waals surface area contributed by atoms with E-state index >= 15 is 0 Å². The number of fused-ring (bicyclic) bond motifs is 4. The lowest BCUT2D eigenvalue weighted by molar-refractivity contribution is 0.282. The third-order valence-electron chi connectivity index (χ3n) is 12.1. The minimum Gasteiger partial charge on any atom is -0.493 e. The molecule has 344 valence electrons. The number of rotatable bonds is 16. The Morgan fingerprint density at radius 1 is 0.309 bits per heavy atom. The van der Waals surface area contributed by atoms with Gasteiger partial charge in [-0.25, -0.2) is 0 Å². The Balaban J connectivity index is 1.22. The smallest absolute Gasteiger partial charge is 0.164 e. The summed E-state index contributed by atoms with van der Waals surface area (Å²) in [6, 6.07) is 32.3. The minimum atomic E-state index is 0.332. The molecule has 12 nitrogen and oxygen atoms in total. The van der Waals surface area contributed by atoms with Gasteiger partial charge >= 0.3 is 0 Å². The topological polar surface area (TPSA) is 125 Å². The van der Waals surface area contributed by atoms with Crippen LogP contribution in [0.5, 0.6) is 46.0 Å². The van der Waals surface area contributed by atoms with Gasteiger partial charge in [-0.1, -0.05) is 6.07 Å². The van der Waals surface area contributed by atoms with Crippen molar-refractivity contribution in [2.45, 2.75) is 52.1 Å². The van der Waals surface area contributed by atoms with Gasteiger partial charge in [0.15, 0.2) is 46.0 Å². The highest BCUT2D eigenvalue weighted by molar-refractivity contribution is 5.60. The molecule has 8 aromatic rings. The molecule has 0 unspecified atom stereocenters. The summed E-state index contributed by atoms with van der Waals surface area (Å²) >= 11 is 0. The van der Waals surface area contributed by atoms with Crippen molar-refractivity contribution in [3.63, 3.8) is 0 Å². The lowest BCUT2D eigenvalue weighted by atomic mass is 9.85. The molecule has 0 N–H and O–H groups in total. The van der Waals surface area contributed by atoms with Gasteiger partial charge < -0.3 is 37.9 Å². The monoisotopic (exact) mass is 908 g/mol. The van der Waals surface area contributed by atoms with Crippen LogP contribution in [0.1, 0.15) is 66.8 Å². The van der Waals surface area contributed by atoms with E-state index in [0.717, 1.165) is 66.8 Å². The van der Waals surface area contributed by atoms with Crippen LogP contribution in [-0.4, -0.2) is 48.4 Å². The summed E-state index contributed by atoms with van der Waals surface area (Å²) in [6.07, 6.45) is 16.2. The van der Waals surface area contributed by atoms with Crippen LogP contribution in [0.25, 0.3) is 0 Å². The van der Waals surface area contributed by atoms with E-state index in [9.17, 15) is 0 Å². The molecule has 0 fully saturated rings. The maximum Gasteiger partial charge on any atom is 0.164 e. The third kappa shape index (κ3) is 10.6. The number of benzene rings is 4. The number of methoxy groups -OCH3 is 4. The summed E-state index contributed by atoms with van der Waals surface area (Å²) in [7, 11) is 6.72. The molecule has 0 amide bonds. The van der Waals surface area contributed by atoms with E-state index in [1.807, 2.05) is 54.6 Å². The van der Waals surface area contributed by atoms with Crippen molar-refractivity contribution in [2.75, 3.05) is 28.4 Å². The van der Waals surface area contributed by atoms with Gasteiger partial charge in [-0.15, -0.1) is 0 Å². The van der Waals surface area contributed by atoms with E-state index in [2.05, 4.69) is 62.4 Å². The first kappa shape index (κ1) is 45.1. The zero-order chi connectivity index (χ0) is 46.7. The standard InChI is InChI=1S/C56H52N4O8/c1-61-50-27-42-23-41-5-6-49(65-33-37-7-15-57-16-8-37)56(64-4)48(41)26-47-32-55(68-36-40-13-21-60-22-14-40)52(63-3)29-44(47)25-46-31-54(67-35-39-11-19-59-20-12-39)51(62-2)28-43(46)24-45(42)30-53(50)66-34-38-9-17-58-18-10-38/h5-22,27-32H,23-26,33-36H2,1-4H3. The second-order valence-corrected chi connectivity index (χ2v) is 16.3. The zero-order valence-corrected chi connectivity index (χ0v) is 38.6. The Kier molecular flexibility index (Phi) is 14.2. The van der Waals surface area contributed by atoms with Crippen LogP contribution in [-0.2, 0) is 52.1 Å². The van der Waals surface area contributed by atoms with Crippen LogP contribution in [0.3, 0.4) is 0 Å². The zero-order valence-electron chi connectivity index (χ0n) is 38.6. The number of ether oxygens (including phenoxy) is 8. The highest BCUT2D eigenvalue weighted by atomic mass is 16.5. The van der Waals surface area contributed by atoms with Crippen LogP contribution < -0.4 is 37.9 Å². The summed E-state index contributed by atoms with van der Waals surface area (Å²) in [4.78, 5) is 16.7. The predicted molar refractivity (Wildman–Crippen MR) is 257 cm³/mol. The van der Waals surface area contributed by atoms with Gasteiger partial charge in [-0.3, -0.25) is 19.9 Å². The fourth-order valence-electron chi connectivity index (χ4n) is 8.45. The van der Waals surface area contributed by atoms with Crippen molar-refractivity contribution in [1.29, 1.82) is 0 Å². The Hall–Kier alpha value is -8.12. The van der Waals surface area contributed by atoms with Gasteiger partial charge in [0.1, 0.15) is 26.4 Å². The Morgan fingerprint density at radius 3 is 0.926 bits per heavy atom. The fraction of sp³-hybridized carbons (Fsp3) is 0.214. The van der Waals surface area contributed by atoms with Crippen LogP contribution >= 0.6 is 0 Å². The molecular formula is C56H52N4O8. The van der Waals surface area contributed by atoms with Crippen molar-refractivity contribution in [1.82, 2.24) is 19.9 Å². The Morgan fingerprint density at radius 2 is 0.603 bits per heavy atom. The largest absolute Gasteiger partial charge is 0.493 e. The Bertz CT molecular complexity index is 2960. The van der Waals surface area contributed by atoms with Gasteiger partial charge in [0, 0.05) is 61.6 Å². The summed E-state index contributed by atoms with van der Waals surface area (Å²) in [6.45, 7) is 1.35. The van der Waals surface area contributed by atoms with Crippen molar-refractivity contribution in [2.24, 2.45) is 0 Å². The highest BCUT2D eigenvalue weighted by Crippen LogP contribution is 2.43. The number of nitrogens with zero attached hydrogens (tertiary/aromatic N) is 4. The molecule has 4 heterocycles. The average Bonchev–Trinajstić information content (AvgIpc) is 3.38. The summed E-state index contributed by atoms with van der Waals surface area (Å²) in [5.74, 6) is 5.02. The molecule has 0 aliphatic heterocycles. The first-order chi connectivity index (χ1) is 33.5. The van der Waals surface area contributed by atoms with E-state index < -0.39 is 0 Å². The molecule has 1 aliphatic rings. The van der Waals surface area contributed by atoms with E-state index in [1.165, 1.54) is 0 Å². The van der Waals surface area contributed by atoms with Crippen LogP contribution in [0.4, 0.5) is 0 Å². The molecule has 0 atom stereocenters. The fourth-order valence-corrected chi connectivity index (χ4v) is 8.45. The van der Waals surface area contributed by atoms with E-state index in [1.54, 1.807) is 78.0 Å². The van der Waals surface area contributed by atoms with Crippen LogP contribution in [0, 0.1) is 0 Å². The predicted octanol–water partition coefficient (Wildman–Crippen LogP) is 10.3. The van der Waals surface area contributed by atoms with E-state index in [-0.39, 0.29) is 0 Å². The third-order valence-corrected chi connectivity index (χ3v) is 12.1. The maximum absolute atomic E-state index is 6.55. The molecule has 0 spiro atoms. The SMILES string of the molecule is COc1cc2c(cc1OCc1ccncc1)Cc1cc(OC)c(OCc3ccncc3)cc1Cc1c(ccc(OCc3ccncc3)c1OC)Cc1cc(OC)c(OCc3ccncc3)cc1C2. The second kappa shape index (κ2) is 21.5. The highest BCUT2D eigenvalue weighted by Gasteiger charge is 2.25. The Labute approximate surface area is 396 Å². The molecule has 0 saturated carbocycles. The molecule has 1 aliphatic carbocycles. The van der Waals surface area contributed by atoms with Crippen molar-refractivity contribution < 1.29 is 37.9 Å². The number of hydrogen-bond donors (Lipinski definition) is 0. The molecule has 0 bridgehead atoms. The molecule has 4 aromatic heterocycles. The summed E-state index contributed by atoms with van der Waals surface area (Å²) in [5.41, 5.74) is 12.3. The first-order valence-corrected chi connectivity index (χ1v) is 22.3. The molecule has 9 rings (SSSR count). The minimum absolute atomic E-state index is 0.332. The van der Waals surface area contributed by atoms with E-state index in [0.29, 0.717) is 98.1 Å². The molecule has 4 aromatic carbocycles. The van der Waals surface area contributed by atoms with Crippen molar-refractivity contribution >= 4 is 0 Å². The van der Waals surface area contributed by atoms with Gasteiger partial charge in [-0.2, -0.15) is 0 Å². The number of aromatic nitrogens is 4. The second-order valence-electron chi connectivity index (χ2n) is 16.3. The average molecular weight is 909 g/mol. The lowest BCUT2D eigenvalue weighted by Crippen LogP contribution is -2.11. The van der Waals surface area contributed by atoms with Gasteiger partial charge in [0.25, 0.3) is 0 Å². The molecule has 0 saturated heterocycles. The summed E-state index contributed by atoms with van der Waals surface area (Å²) in [5, 5.41) is 0. The quantitative estimate of drug-likeness (QED) is 0.0916.